The van der Waals surface area contributed by atoms with Gasteiger partial charge in [0.2, 0.25) is 0 Å². The minimum Gasteiger partial charge on any atom is -0.383 e. The van der Waals surface area contributed by atoms with E-state index in [1.165, 1.54) is 31.5 Å². The van der Waals surface area contributed by atoms with Gasteiger partial charge >= 0.3 is 12.2 Å². The third kappa shape index (κ3) is 6.03. The molecule has 0 spiro atoms. The van der Waals surface area contributed by atoms with E-state index in [1.807, 2.05) is 0 Å². The van der Waals surface area contributed by atoms with Gasteiger partial charge in [-0.1, -0.05) is 0 Å². The molecule has 0 aromatic carbocycles. The number of amides is 2. The molecule has 1 aromatic heterocycles. The Morgan fingerprint density at radius 1 is 1.57 bits per heavy atom. The lowest BCUT2D eigenvalue weighted by atomic mass is 10.4. The fourth-order valence-electron chi connectivity index (χ4n) is 1.73. The predicted octanol–water partition coefficient (Wildman–Crippen LogP) is 1.62. The summed E-state index contributed by atoms with van der Waals surface area (Å²) in [7, 11) is 3.00. The Kier molecular flexibility index (Phi) is 6.01. The van der Waals surface area contributed by atoms with Crippen molar-refractivity contribution in [2.45, 2.75) is 32.2 Å². The standard InChI is InChI=1S/C12H19F3N4O2/c1-9(7-21-3)17-11(20)18(2)6-10-16-4-5-19(10)8-12(13,14)15/h4-5,9H,6-8H2,1-3H3,(H,17,20). The van der Waals surface area contributed by atoms with Gasteiger partial charge in [0, 0.05) is 26.6 Å². The summed E-state index contributed by atoms with van der Waals surface area (Å²) in [5, 5.41) is 2.66. The van der Waals surface area contributed by atoms with Crippen molar-refractivity contribution in [3.05, 3.63) is 18.2 Å². The van der Waals surface area contributed by atoms with Crippen LogP contribution in [0, 0.1) is 0 Å². The topological polar surface area (TPSA) is 59.4 Å². The minimum absolute atomic E-state index is 0.0192. The van der Waals surface area contributed by atoms with Crippen molar-refractivity contribution >= 4 is 6.03 Å². The highest BCUT2D eigenvalue weighted by atomic mass is 19.4. The van der Waals surface area contributed by atoms with Crippen molar-refractivity contribution < 1.29 is 22.7 Å². The number of rotatable bonds is 6. The van der Waals surface area contributed by atoms with Crippen molar-refractivity contribution in [2.75, 3.05) is 20.8 Å². The molecule has 0 saturated heterocycles. The highest BCUT2D eigenvalue weighted by Crippen LogP contribution is 2.18. The molecule has 1 N–H and O–H groups in total. The number of hydrogen-bond donors (Lipinski definition) is 1. The number of imidazole rings is 1. The Morgan fingerprint density at radius 2 is 2.24 bits per heavy atom. The SMILES string of the molecule is COCC(C)NC(=O)N(C)Cc1nccn1CC(F)(F)F. The summed E-state index contributed by atoms with van der Waals surface area (Å²) >= 11 is 0. The van der Waals surface area contributed by atoms with Crippen LogP contribution in [-0.4, -0.2) is 53.5 Å². The van der Waals surface area contributed by atoms with Crippen LogP contribution in [0.2, 0.25) is 0 Å². The van der Waals surface area contributed by atoms with Crippen LogP contribution < -0.4 is 5.32 Å². The van der Waals surface area contributed by atoms with Crippen LogP contribution in [0.4, 0.5) is 18.0 Å². The van der Waals surface area contributed by atoms with E-state index in [2.05, 4.69) is 10.3 Å². The van der Waals surface area contributed by atoms with Crippen molar-refractivity contribution in [3.8, 4) is 0 Å². The summed E-state index contributed by atoms with van der Waals surface area (Å²) in [6, 6.07) is -0.596. The van der Waals surface area contributed by atoms with Gasteiger partial charge in [0.05, 0.1) is 19.2 Å². The highest BCUT2D eigenvalue weighted by Gasteiger charge is 2.29. The van der Waals surface area contributed by atoms with Crippen LogP contribution in [0.5, 0.6) is 0 Å². The second kappa shape index (κ2) is 7.30. The number of alkyl halides is 3. The van der Waals surface area contributed by atoms with Crippen LogP contribution in [0.25, 0.3) is 0 Å². The number of ether oxygens (including phenoxy) is 1. The molecular formula is C12H19F3N4O2. The van der Waals surface area contributed by atoms with Crippen LogP contribution >= 0.6 is 0 Å². The minimum atomic E-state index is -4.33. The lowest BCUT2D eigenvalue weighted by Gasteiger charge is -2.21. The number of nitrogens with zero attached hydrogens (tertiary/aromatic N) is 3. The maximum Gasteiger partial charge on any atom is 0.406 e. The van der Waals surface area contributed by atoms with Gasteiger partial charge in [-0.3, -0.25) is 0 Å². The van der Waals surface area contributed by atoms with E-state index in [0.717, 1.165) is 4.57 Å². The molecule has 0 bridgehead atoms. The zero-order valence-corrected chi connectivity index (χ0v) is 12.1. The van der Waals surface area contributed by atoms with Crippen molar-refractivity contribution in [1.82, 2.24) is 19.8 Å². The summed E-state index contributed by atoms with van der Waals surface area (Å²) in [5.41, 5.74) is 0. The fourth-order valence-corrected chi connectivity index (χ4v) is 1.73. The van der Waals surface area contributed by atoms with Gasteiger partial charge in [0.15, 0.2) is 0 Å². The number of methoxy groups -OCH3 is 1. The number of carbonyl (C=O) groups is 1. The lowest BCUT2D eigenvalue weighted by Crippen LogP contribution is -2.43. The summed E-state index contributed by atoms with van der Waals surface area (Å²) in [4.78, 5) is 17.0. The Bertz CT molecular complexity index is 462. The first-order chi connectivity index (χ1) is 9.73. The molecule has 0 aliphatic carbocycles. The molecule has 1 rings (SSSR count). The molecule has 6 nitrogen and oxygen atoms in total. The van der Waals surface area contributed by atoms with E-state index >= 15 is 0 Å². The van der Waals surface area contributed by atoms with Crippen molar-refractivity contribution in [1.29, 1.82) is 0 Å². The smallest absolute Gasteiger partial charge is 0.383 e. The molecule has 2 amide bonds. The Balaban J connectivity index is 2.60. The van der Waals surface area contributed by atoms with E-state index in [4.69, 9.17) is 4.74 Å². The molecule has 1 atom stereocenters. The second-order valence-electron chi connectivity index (χ2n) is 4.75. The number of aromatic nitrogens is 2. The van der Waals surface area contributed by atoms with Crippen LogP contribution in [0.15, 0.2) is 12.4 Å². The van der Waals surface area contributed by atoms with Gasteiger partial charge in [-0.2, -0.15) is 13.2 Å². The quantitative estimate of drug-likeness (QED) is 0.869. The molecular weight excluding hydrogens is 289 g/mol. The Morgan fingerprint density at radius 3 is 2.81 bits per heavy atom. The lowest BCUT2D eigenvalue weighted by molar-refractivity contribution is -0.141. The van der Waals surface area contributed by atoms with Crippen LogP contribution in [0.1, 0.15) is 12.7 Å². The molecule has 120 valence electrons. The van der Waals surface area contributed by atoms with E-state index in [0.29, 0.717) is 6.61 Å². The highest BCUT2D eigenvalue weighted by molar-refractivity contribution is 5.74. The van der Waals surface area contributed by atoms with Crippen molar-refractivity contribution in [2.24, 2.45) is 0 Å². The molecule has 0 aliphatic heterocycles. The van der Waals surface area contributed by atoms with Gasteiger partial charge in [-0.15, -0.1) is 0 Å². The van der Waals surface area contributed by atoms with Crippen LogP contribution in [-0.2, 0) is 17.8 Å². The summed E-state index contributed by atoms with van der Waals surface area (Å²) in [6.45, 7) is 0.967. The monoisotopic (exact) mass is 308 g/mol. The largest absolute Gasteiger partial charge is 0.406 e. The third-order valence-electron chi connectivity index (χ3n) is 2.66. The Hall–Kier alpha value is -1.77. The maximum atomic E-state index is 12.4. The molecule has 1 heterocycles. The van der Waals surface area contributed by atoms with E-state index < -0.39 is 18.8 Å². The maximum absolute atomic E-state index is 12.4. The molecule has 0 radical (unpaired) electrons. The second-order valence-corrected chi connectivity index (χ2v) is 4.75. The summed E-state index contributed by atoms with van der Waals surface area (Å²) in [5.74, 6) is 0.171. The molecule has 0 fully saturated rings. The van der Waals surface area contributed by atoms with Crippen LogP contribution in [0.3, 0.4) is 0 Å². The molecule has 21 heavy (non-hydrogen) atoms. The Labute approximate surface area is 120 Å². The van der Waals surface area contributed by atoms with E-state index in [-0.39, 0.29) is 18.4 Å². The molecule has 9 heteroatoms. The van der Waals surface area contributed by atoms with Gasteiger partial charge in [-0.05, 0) is 6.92 Å². The number of halogens is 3. The number of carbonyl (C=O) groups excluding carboxylic acids is 1. The van der Waals surface area contributed by atoms with E-state index in [1.54, 1.807) is 6.92 Å². The van der Waals surface area contributed by atoms with Gasteiger partial charge < -0.3 is 19.5 Å². The summed E-state index contributed by atoms with van der Waals surface area (Å²) in [6.07, 6.45) is -1.81. The number of nitrogens with one attached hydrogen (secondary N) is 1. The first-order valence-corrected chi connectivity index (χ1v) is 6.30. The van der Waals surface area contributed by atoms with Crippen molar-refractivity contribution in [3.63, 3.8) is 0 Å². The first kappa shape index (κ1) is 17.3. The summed E-state index contributed by atoms with van der Waals surface area (Å²) < 4.78 is 43.1. The van der Waals surface area contributed by atoms with E-state index in [9.17, 15) is 18.0 Å². The van der Waals surface area contributed by atoms with Gasteiger partial charge in [0.1, 0.15) is 12.4 Å². The molecule has 0 aliphatic rings. The molecule has 1 unspecified atom stereocenters. The zero-order valence-electron chi connectivity index (χ0n) is 12.1. The van der Waals surface area contributed by atoms with Gasteiger partial charge in [-0.25, -0.2) is 9.78 Å². The first-order valence-electron chi connectivity index (χ1n) is 6.30. The average molecular weight is 308 g/mol. The number of hydrogen-bond acceptors (Lipinski definition) is 3. The number of urea groups is 1. The fraction of sp³-hybridized carbons (Fsp3) is 0.667. The third-order valence-corrected chi connectivity index (χ3v) is 2.66. The normalized spacial score (nSPS) is 13.0. The molecule has 0 saturated carbocycles. The average Bonchev–Trinajstić information content (AvgIpc) is 2.74. The zero-order chi connectivity index (χ0) is 16.0. The molecule has 1 aromatic rings. The van der Waals surface area contributed by atoms with Gasteiger partial charge in [0.25, 0.3) is 0 Å². The predicted molar refractivity (Wildman–Crippen MR) is 69.6 cm³/mol.